The molecule has 0 heterocycles. The Morgan fingerprint density at radius 2 is 1.85 bits per heavy atom. The highest BCUT2D eigenvalue weighted by Crippen LogP contribution is 2.27. The van der Waals surface area contributed by atoms with Gasteiger partial charge in [-0.25, -0.2) is 13.1 Å². The fraction of sp³-hybridized carbons (Fsp3) is 0.417. The molecule has 0 unspecified atom stereocenters. The van der Waals surface area contributed by atoms with Gasteiger partial charge < -0.3 is 14.2 Å². The lowest BCUT2D eigenvalue weighted by Crippen LogP contribution is -2.38. The van der Waals surface area contributed by atoms with Crippen LogP contribution in [-0.4, -0.2) is 41.8 Å². The molecule has 0 fully saturated rings. The van der Waals surface area contributed by atoms with Gasteiger partial charge in [0.1, 0.15) is 22.5 Å². The topological polar surface area (TPSA) is 90.9 Å². The molecule has 20 heavy (non-hydrogen) atoms. The lowest BCUT2D eigenvalue weighted by atomic mass is 10.3. The summed E-state index contributed by atoms with van der Waals surface area (Å²) in [4.78, 5) is 11.4. The third-order valence-corrected chi connectivity index (χ3v) is 3.99. The van der Waals surface area contributed by atoms with Crippen LogP contribution in [0.2, 0.25) is 0 Å². The molecule has 1 atom stereocenters. The van der Waals surface area contributed by atoms with Gasteiger partial charge in [-0.1, -0.05) is 0 Å². The summed E-state index contributed by atoms with van der Waals surface area (Å²) in [6, 6.07) is 4.26. The zero-order valence-corrected chi connectivity index (χ0v) is 12.5. The Balaban J connectivity index is 3.17. The number of amides is 1. The Labute approximate surface area is 117 Å². The van der Waals surface area contributed by atoms with E-state index in [4.69, 9.17) is 14.2 Å². The molecule has 0 aliphatic heterocycles. The SMILES string of the molecule is COc1ccc(OC)c(S(=O)(=O)NC(=O)[C@@H](C)OC)c1. The average Bonchev–Trinajstić information content (AvgIpc) is 2.44. The van der Waals surface area contributed by atoms with E-state index in [1.54, 1.807) is 6.07 Å². The summed E-state index contributed by atoms with van der Waals surface area (Å²) in [6.45, 7) is 1.44. The second-order valence-electron chi connectivity index (χ2n) is 3.86. The van der Waals surface area contributed by atoms with Crippen molar-refractivity contribution in [2.24, 2.45) is 0 Å². The van der Waals surface area contributed by atoms with Gasteiger partial charge in [-0.05, 0) is 19.1 Å². The predicted molar refractivity (Wildman–Crippen MR) is 71.3 cm³/mol. The van der Waals surface area contributed by atoms with Crippen molar-refractivity contribution in [1.82, 2.24) is 4.72 Å². The first kappa shape index (κ1) is 16.3. The number of ether oxygens (including phenoxy) is 3. The molecule has 1 rings (SSSR count). The van der Waals surface area contributed by atoms with E-state index in [0.717, 1.165) is 0 Å². The highest BCUT2D eigenvalue weighted by atomic mass is 32.2. The highest BCUT2D eigenvalue weighted by Gasteiger charge is 2.25. The monoisotopic (exact) mass is 303 g/mol. The van der Waals surface area contributed by atoms with E-state index in [1.165, 1.54) is 40.4 Å². The third-order valence-electron chi connectivity index (χ3n) is 2.62. The summed E-state index contributed by atoms with van der Waals surface area (Å²) in [5, 5.41) is 0. The first-order valence-electron chi connectivity index (χ1n) is 5.67. The molecule has 7 nitrogen and oxygen atoms in total. The van der Waals surface area contributed by atoms with Crippen LogP contribution in [0.5, 0.6) is 11.5 Å². The van der Waals surface area contributed by atoms with E-state index in [9.17, 15) is 13.2 Å². The molecular weight excluding hydrogens is 286 g/mol. The lowest BCUT2D eigenvalue weighted by Gasteiger charge is -2.14. The molecule has 0 saturated carbocycles. The summed E-state index contributed by atoms with van der Waals surface area (Å²) in [5.41, 5.74) is 0. The number of methoxy groups -OCH3 is 3. The van der Waals surface area contributed by atoms with Crippen molar-refractivity contribution >= 4 is 15.9 Å². The van der Waals surface area contributed by atoms with Crippen LogP contribution in [0.25, 0.3) is 0 Å². The number of hydrogen-bond acceptors (Lipinski definition) is 6. The molecule has 0 saturated heterocycles. The van der Waals surface area contributed by atoms with Crippen LogP contribution < -0.4 is 14.2 Å². The van der Waals surface area contributed by atoms with Gasteiger partial charge in [-0.3, -0.25) is 4.79 Å². The predicted octanol–water partition coefficient (Wildman–Crippen LogP) is 0.544. The normalized spacial score (nSPS) is 12.6. The Morgan fingerprint density at radius 3 is 2.35 bits per heavy atom. The van der Waals surface area contributed by atoms with E-state index in [2.05, 4.69) is 0 Å². The molecule has 8 heteroatoms. The second-order valence-corrected chi connectivity index (χ2v) is 5.52. The largest absolute Gasteiger partial charge is 0.497 e. The highest BCUT2D eigenvalue weighted by molar-refractivity contribution is 7.90. The van der Waals surface area contributed by atoms with Crippen molar-refractivity contribution in [1.29, 1.82) is 0 Å². The van der Waals surface area contributed by atoms with Crippen LogP contribution in [-0.2, 0) is 19.6 Å². The summed E-state index contributed by atoms with van der Waals surface area (Å²) in [6.07, 6.45) is -0.888. The quantitative estimate of drug-likeness (QED) is 0.825. The fourth-order valence-electron chi connectivity index (χ4n) is 1.37. The summed E-state index contributed by atoms with van der Waals surface area (Å²) < 4.78 is 41.0. The maximum Gasteiger partial charge on any atom is 0.267 e. The standard InChI is InChI=1S/C12H17NO6S/c1-8(17-2)12(14)13-20(15,16)11-7-9(18-3)5-6-10(11)19-4/h5-8H,1-4H3,(H,13,14)/t8-/m1/s1. The molecule has 0 bridgehead atoms. The third kappa shape index (κ3) is 3.61. The van der Waals surface area contributed by atoms with E-state index < -0.39 is 22.0 Å². The first-order chi connectivity index (χ1) is 9.35. The van der Waals surface area contributed by atoms with Crippen molar-refractivity contribution in [3.8, 4) is 11.5 Å². The van der Waals surface area contributed by atoms with Gasteiger partial charge >= 0.3 is 0 Å². The molecule has 112 valence electrons. The number of rotatable bonds is 6. The number of carbonyl (C=O) groups excluding carboxylic acids is 1. The van der Waals surface area contributed by atoms with Gasteiger partial charge in [-0.15, -0.1) is 0 Å². The first-order valence-corrected chi connectivity index (χ1v) is 7.15. The van der Waals surface area contributed by atoms with Gasteiger partial charge in [0, 0.05) is 13.2 Å². The molecule has 1 N–H and O–H groups in total. The Hall–Kier alpha value is -1.80. The minimum Gasteiger partial charge on any atom is -0.497 e. The number of sulfonamides is 1. The summed E-state index contributed by atoms with van der Waals surface area (Å²) in [5.74, 6) is -0.327. The molecule has 0 aliphatic carbocycles. The molecule has 0 aliphatic rings. The van der Waals surface area contributed by atoms with Gasteiger partial charge in [0.05, 0.1) is 14.2 Å². The minimum atomic E-state index is -4.07. The zero-order valence-electron chi connectivity index (χ0n) is 11.7. The van der Waals surface area contributed by atoms with Crippen LogP contribution in [0.4, 0.5) is 0 Å². The van der Waals surface area contributed by atoms with Gasteiger partial charge in [0.25, 0.3) is 15.9 Å². The van der Waals surface area contributed by atoms with Crippen molar-refractivity contribution in [2.45, 2.75) is 17.9 Å². The Morgan fingerprint density at radius 1 is 1.20 bits per heavy atom. The maximum absolute atomic E-state index is 12.2. The Bertz CT molecular complexity index is 584. The summed E-state index contributed by atoms with van der Waals surface area (Å²) in [7, 11) is -0.0257. The number of carbonyl (C=O) groups is 1. The van der Waals surface area contributed by atoms with Crippen molar-refractivity contribution in [3.63, 3.8) is 0 Å². The van der Waals surface area contributed by atoms with Crippen LogP contribution in [0.3, 0.4) is 0 Å². The van der Waals surface area contributed by atoms with E-state index in [-0.39, 0.29) is 10.6 Å². The second kappa shape index (κ2) is 6.58. The van der Waals surface area contributed by atoms with Gasteiger partial charge in [0.15, 0.2) is 0 Å². The van der Waals surface area contributed by atoms with Gasteiger partial charge in [-0.2, -0.15) is 0 Å². The molecule has 0 radical (unpaired) electrons. The molecule has 1 amide bonds. The smallest absolute Gasteiger partial charge is 0.267 e. The summed E-state index contributed by atoms with van der Waals surface area (Å²) >= 11 is 0. The van der Waals surface area contributed by atoms with E-state index >= 15 is 0 Å². The van der Waals surface area contributed by atoms with Crippen LogP contribution in [0.1, 0.15) is 6.92 Å². The number of nitrogens with one attached hydrogen (secondary N) is 1. The van der Waals surface area contributed by atoms with Gasteiger partial charge in [0.2, 0.25) is 0 Å². The zero-order chi connectivity index (χ0) is 15.3. The molecule has 1 aromatic rings. The van der Waals surface area contributed by atoms with Crippen molar-refractivity contribution in [3.05, 3.63) is 18.2 Å². The average molecular weight is 303 g/mol. The number of benzene rings is 1. The van der Waals surface area contributed by atoms with Crippen LogP contribution in [0, 0.1) is 0 Å². The molecule has 1 aromatic carbocycles. The number of hydrogen-bond donors (Lipinski definition) is 1. The minimum absolute atomic E-state index is 0.108. The van der Waals surface area contributed by atoms with Crippen LogP contribution in [0.15, 0.2) is 23.1 Å². The van der Waals surface area contributed by atoms with E-state index in [0.29, 0.717) is 5.75 Å². The van der Waals surface area contributed by atoms with E-state index in [1.807, 2.05) is 4.72 Å². The molecule has 0 aromatic heterocycles. The lowest BCUT2D eigenvalue weighted by molar-refractivity contribution is -0.128. The Kier molecular flexibility index (Phi) is 5.34. The van der Waals surface area contributed by atoms with Crippen molar-refractivity contribution < 1.29 is 27.4 Å². The fourth-order valence-corrected chi connectivity index (χ4v) is 2.60. The van der Waals surface area contributed by atoms with Crippen molar-refractivity contribution in [2.75, 3.05) is 21.3 Å². The molecular formula is C12H17NO6S. The maximum atomic E-state index is 12.2. The van der Waals surface area contributed by atoms with Crippen LogP contribution >= 0.6 is 0 Å². The molecule has 0 spiro atoms.